The number of carbonyl (C=O) groups excluding carboxylic acids is 2. The molecule has 0 heterocycles. The number of carboxylic acid groups (broad SMARTS) is 1. The zero-order valence-corrected chi connectivity index (χ0v) is 25.5. The predicted molar refractivity (Wildman–Crippen MR) is 166 cm³/mol. The lowest BCUT2D eigenvalue weighted by atomic mass is 9.71. The van der Waals surface area contributed by atoms with Crippen LogP contribution in [0, 0.1) is 5.41 Å². The Kier molecular flexibility index (Phi) is 11.1. The SMILES string of the molecule is CC1=C(/C=C/C(C)=C/C[P+](c2ccccc2)(c2ccccc2)c2ccccc2)C(C)(C)CC(O)C1=O.O=C([O-])C(F)(F)F. The smallest absolute Gasteiger partial charge is 0.430 e. The van der Waals surface area contributed by atoms with Gasteiger partial charge in [-0.2, -0.15) is 13.2 Å². The van der Waals surface area contributed by atoms with Crippen molar-refractivity contribution >= 4 is 34.9 Å². The normalized spacial score (nSPS) is 17.4. The number of Topliss-reactive ketones (excluding diaryl/α,β-unsaturated/α-hetero) is 1. The Morgan fingerprint density at radius 1 is 0.930 bits per heavy atom. The minimum Gasteiger partial charge on any atom is -0.542 e. The number of allylic oxidation sites excluding steroid dienone is 5. The summed E-state index contributed by atoms with van der Waals surface area (Å²) in [5.74, 6) is -3.16. The average molecular weight is 609 g/mol. The molecule has 1 aliphatic carbocycles. The summed E-state index contributed by atoms with van der Waals surface area (Å²) in [7, 11) is -1.93. The number of halogens is 3. The van der Waals surface area contributed by atoms with Gasteiger partial charge in [0, 0.05) is 0 Å². The quantitative estimate of drug-likeness (QED) is 0.286. The Bertz CT molecular complexity index is 1400. The van der Waals surface area contributed by atoms with Gasteiger partial charge in [-0.15, -0.1) is 0 Å². The van der Waals surface area contributed by atoms with Crippen molar-refractivity contribution in [2.75, 3.05) is 6.16 Å². The first kappa shape index (κ1) is 33.7. The van der Waals surface area contributed by atoms with Gasteiger partial charge in [0.05, 0.1) is 6.16 Å². The van der Waals surface area contributed by atoms with Crippen molar-refractivity contribution in [2.24, 2.45) is 5.41 Å². The molecule has 43 heavy (non-hydrogen) atoms. The van der Waals surface area contributed by atoms with Crippen LogP contribution in [-0.4, -0.2) is 35.3 Å². The first-order chi connectivity index (χ1) is 20.2. The molecule has 0 aliphatic heterocycles. The maximum atomic E-state index is 12.4. The molecule has 4 rings (SSSR count). The predicted octanol–water partition coefficient (Wildman–Crippen LogP) is 5.46. The molecule has 0 amide bonds. The van der Waals surface area contributed by atoms with Crippen LogP contribution in [0.4, 0.5) is 13.2 Å². The van der Waals surface area contributed by atoms with Gasteiger partial charge >= 0.3 is 6.18 Å². The molecule has 0 saturated carbocycles. The van der Waals surface area contributed by atoms with Crippen LogP contribution in [-0.2, 0) is 9.59 Å². The highest BCUT2D eigenvalue weighted by Gasteiger charge is 2.44. The van der Waals surface area contributed by atoms with Gasteiger partial charge in [-0.3, -0.25) is 4.79 Å². The minimum absolute atomic E-state index is 0.155. The fraction of sp³-hybridized carbons (Fsp3) is 0.257. The summed E-state index contributed by atoms with van der Waals surface area (Å²) in [6.45, 7) is 8.17. The van der Waals surface area contributed by atoms with E-state index < -0.39 is 25.5 Å². The molecule has 3 aromatic carbocycles. The van der Waals surface area contributed by atoms with E-state index in [1.54, 1.807) is 0 Å². The standard InChI is InChI=1S/C33H36O2P.C2HF3O2/c1-25(20-21-30-26(2)32(35)31(34)24-33(30,3)4)22-23-36(27-14-8-5-9-15-27,28-16-10-6-11-17-28)29-18-12-7-13-19-29;3-2(4,5)1(6)7/h5-22,31,34H,23-24H2,1-4H3;(H,6,7)/q+1;/p-1/b21-20+,25-22+;. The molecule has 1 aliphatic rings. The van der Waals surface area contributed by atoms with Crippen molar-refractivity contribution in [3.05, 3.63) is 126 Å². The van der Waals surface area contributed by atoms with Gasteiger partial charge in [-0.1, -0.05) is 86.2 Å². The van der Waals surface area contributed by atoms with E-state index in [1.165, 1.54) is 15.9 Å². The first-order valence-corrected chi connectivity index (χ1v) is 15.8. The molecule has 0 aromatic heterocycles. The Hall–Kier alpha value is -3.80. The molecule has 0 bridgehead atoms. The van der Waals surface area contributed by atoms with Crippen LogP contribution in [0.2, 0.25) is 0 Å². The summed E-state index contributed by atoms with van der Waals surface area (Å²) >= 11 is 0. The molecule has 8 heteroatoms. The van der Waals surface area contributed by atoms with Crippen LogP contribution < -0.4 is 21.0 Å². The summed E-state index contributed by atoms with van der Waals surface area (Å²) in [5.41, 5.74) is 2.60. The Labute approximate surface area is 251 Å². The number of alkyl halides is 3. The molecule has 1 N–H and O–H groups in total. The van der Waals surface area contributed by atoms with E-state index >= 15 is 0 Å². The molecule has 0 fully saturated rings. The zero-order chi connectivity index (χ0) is 31.8. The van der Waals surface area contributed by atoms with Crippen LogP contribution in [0.3, 0.4) is 0 Å². The number of carboxylic acids is 1. The summed E-state index contributed by atoms with van der Waals surface area (Å²) < 4.78 is 31.5. The second kappa shape index (κ2) is 14.1. The maximum absolute atomic E-state index is 12.4. The van der Waals surface area contributed by atoms with Gasteiger partial charge in [0.2, 0.25) is 0 Å². The fourth-order valence-corrected chi connectivity index (χ4v) is 9.43. The van der Waals surface area contributed by atoms with Crippen molar-refractivity contribution in [1.29, 1.82) is 0 Å². The van der Waals surface area contributed by atoms with Crippen LogP contribution in [0.1, 0.15) is 34.1 Å². The largest absolute Gasteiger partial charge is 0.542 e. The number of hydrogen-bond donors (Lipinski definition) is 1. The lowest BCUT2D eigenvalue weighted by Gasteiger charge is -2.34. The monoisotopic (exact) mass is 608 g/mol. The van der Waals surface area contributed by atoms with E-state index in [0.29, 0.717) is 12.0 Å². The van der Waals surface area contributed by atoms with Gasteiger partial charge < -0.3 is 15.0 Å². The number of carbonyl (C=O) groups is 2. The van der Waals surface area contributed by atoms with Crippen molar-refractivity contribution in [3.8, 4) is 0 Å². The van der Waals surface area contributed by atoms with E-state index in [1.807, 2.05) is 6.92 Å². The van der Waals surface area contributed by atoms with Crippen molar-refractivity contribution in [1.82, 2.24) is 0 Å². The number of ketones is 1. The highest BCUT2D eigenvalue weighted by molar-refractivity contribution is 7.95. The second-order valence-corrected chi connectivity index (χ2v) is 14.6. The minimum atomic E-state index is -5.19. The molecule has 3 aromatic rings. The van der Waals surface area contributed by atoms with Crippen LogP contribution in [0.15, 0.2) is 126 Å². The van der Waals surface area contributed by atoms with E-state index in [0.717, 1.165) is 17.3 Å². The topological polar surface area (TPSA) is 77.4 Å². The first-order valence-electron chi connectivity index (χ1n) is 13.8. The molecule has 226 valence electrons. The third-order valence-electron chi connectivity index (χ3n) is 7.53. The van der Waals surface area contributed by atoms with E-state index in [4.69, 9.17) is 9.90 Å². The lowest BCUT2D eigenvalue weighted by Crippen LogP contribution is -2.37. The van der Waals surface area contributed by atoms with Gasteiger partial charge in [-0.05, 0) is 79.3 Å². The summed E-state index contributed by atoms with van der Waals surface area (Å²) in [4.78, 5) is 21.2. The Balaban J connectivity index is 0.000000646. The molecular formula is C35H36F3O4P. The van der Waals surface area contributed by atoms with Gasteiger partial charge in [-0.25, -0.2) is 0 Å². The Morgan fingerprint density at radius 3 is 1.70 bits per heavy atom. The summed E-state index contributed by atoms with van der Waals surface area (Å²) in [6.07, 6.45) is 1.82. The molecule has 1 atom stereocenters. The lowest BCUT2D eigenvalue weighted by molar-refractivity contribution is -0.344. The molecule has 0 saturated heterocycles. The summed E-state index contributed by atoms with van der Waals surface area (Å²) in [5, 5.41) is 23.0. The molecule has 0 radical (unpaired) electrons. The van der Waals surface area contributed by atoms with Crippen LogP contribution >= 0.6 is 7.26 Å². The molecule has 1 unspecified atom stereocenters. The van der Waals surface area contributed by atoms with Crippen molar-refractivity contribution in [3.63, 3.8) is 0 Å². The third kappa shape index (κ3) is 8.19. The fourth-order valence-electron chi connectivity index (χ4n) is 5.30. The second-order valence-electron chi connectivity index (χ2n) is 11.1. The molecule has 4 nitrogen and oxygen atoms in total. The highest BCUT2D eigenvalue weighted by atomic mass is 31.2. The van der Waals surface area contributed by atoms with Crippen molar-refractivity contribution in [2.45, 2.75) is 46.4 Å². The number of aliphatic hydroxyl groups excluding tert-OH is 1. The summed E-state index contributed by atoms with van der Waals surface area (Å²) in [6, 6.07) is 32.7. The highest BCUT2D eigenvalue weighted by Crippen LogP contribution is 2.55. The zero-order valence-electron chi connectivity index (χ0n) is 24.6. The number of hydrogen-bond acceptors (Lipinski definition) is 4. The van der Waals surface area contributed by atoms with E-state index in [9.17, 15) is 23.1 Å². The van der Waals surface area contributed by atoms with E-state index in [2.05, 4.69) is 130 Å². The molecular weight excluding hydrogens is 572 g/mol. The van der Waals surface area contributed by atoms with E-state index in [-0.39, 0.29) is 11.2 Å². The van der Waals surface area contributed by atoms with Gasteiger partial charge in [0.15, 0.2) is 5.78 Å². The van der Waals surface area contributed by atoms with Crippen molar-refractivity contribution < 1.29 is 33.0 Å². The number of benzene rings is 3. The van der Waals surface area contributed by atoms with Gasteiger partial charge in [0.25, 0.3) is 0 Å². The maximum Gasteiger partial charge on any atom is 0.430 e. The molecule has 0 spiro atoms. The van der Waals surface area contributed by atoms with Crippen LogP contribution in [0.25, 0.3) is 0 Å². The van der Waals surface area contributed by atoms with Gasteiger partial charge in [0.1, 0.15) is 35.2 Å². The Morgan fingerprint density at radius 2 is 1.33 bits per heavy atom. The van der Waals surface area contributed by atoms with Crippen LogP contribution in [0.5, 0.6) is 0 Å². The number of aliphatic carboxylic acids is 1. The number of rotatable bonds is 7. The average Bonchev–Trinajstić information content (AvgIpc) is 2.97. The number of aliphatic hydroxyl groups is 1. The third-order valence-corrected chi connectivity index (χ3v) is 11.8.